The molecule has 0 aliphatic heterocycles. The summed E-state index contributed by atoms with van der Waals surface area (Å²) in [5.41, 5.74) is 6.68. The van der Waals surface area contributed by atoms with Crippen LogP contribution in [0.5, 0.6) is 0 Å². The standard InChI is InChI=1S/C13H19N5O2/c1-4-17-6-10(14)5-11(17)13(19)20-7-12-15-8-16-18(12)9(2)3/h5-6,8-9H,4,7,14H2,1-3H3. The molecule has 0 radical (unpaired) electrons. The highest BCUT2D eigenvalue weighted by atomic mass is 16.5. The lowest BCUT2D eigenvalue weighted by Gasteiger charge is -2.10. The van der Waals surface area contributed by atoms with Gasteiger partial charge in [-0.05, 0) is 26.8 Å². The fourth-order valence-corrected chi connectivity index (χ4v) is 1.98. The number of esters is 1. The lowest BCUT2D eigenvalue weighted by Crippen LogP contribution is -2.14. The van der Waals surface area contributed by atoms with E-state index in [1.807, 2.05) is 20.8 Å². The van der Waals surface area contributed by atoms with E-state index in [0.29, 0.717) is 23.8 Å². The molecule has 0 unspecified atom stereocenters. The van der Waals surface area contributed by atoms with Crippen LogP contribution in [0.3, 0.4) is 0 Å². The molecule has 7 heteroatoms. The van der Waals surface area contributed by atoms with Crippen molar-refractivity contribution in [3.05, 3.63) is 30.1 Å². The Hall–Kier alpha value is -2.31. The smallest absolute Gasteiger partial charge is 0.355 e. The van der Waals surface area contributed by atoms with Crippen LogP contribution in [0.15, 0.2) is 18.6 Å². The predicted octanol–water partition coefficient (Wildman–Crippen LogP) is 1.62. The molecule has 2 rings (SSSR count). The first kappa shape index (κ1) is 14.1. The number of aromatic nitrogens is 4. The van der Waals surface area contributed by atoms with Gasteiger partial charge in [0.05, 0.1) is 5.69 Å². The van der Waals surface area contributed by atoms with E-state index in [9.17, 15) is 4.79 Å². The molecule has 0 aliphatic carbocycles. The van der Waals surface area contributed by atoms with Gasteiger partial charge in [-0.25, -0.2) is 14.5 Å². The minimum Gasteiger partial charge on any atom is -0.453 e. The van der Waals surface area contributed by atoms with Crippen LogP contribution >= 0.6 is 0 Å². The van der Waals surface area contributed by atoms with Crippen molar-refractivity contribution in [1.82, 2.24) is 19.3 Å². The molecule has 0 aromatic carbocycles. The minimum absolute atomic E-state index is 0.0891. The SMILES string of the molecule is CCn1cc(N)cc1C(=O)OCc1ncnn1C(C)C. The summed E-state index contributed by atoms with van der Waals surface area (Å²) in [4.78, 5) is 16.2. The molecule has 0 fully saturated rings. The zero-order valence-electron chi connectivity index (χ0n) is 11.9. The second kappa shape index (κ2) is 5.77. The van der Waals surface area contributed by atoms with Crippen molar-refractivity contribution in [1.29, 1.82) is 0 Å². The molecule has 2 N–H and O–H groups in total. The number of ether oxygens (including phenoxy) is 1. The summed E-state index contributed by atoms with van der Waals surface area (Å²) in [5, 5.41) is 4.09. The molecule has 0 spiro atoms. The van der Waals surface area contributed by atoms with Crippen LogP contribution < -0.4 is 5.73 Å². The van der Waals surface area contributed by atoms with E-state index >= 15 is 0 Å². The number of carbonyl (C=O) groups is 1. The van der Waals surface area contributed by atoms with Crippen LogP contribution in [0, 0.1) is 0 Å². The zero-order valence-corrected chi connectivity index (χ0v) is 11.9. The Labute approximate surface area is 117 Å². The Balaban J connectivity index is 2.07. The number of nitrogens with zero attached hydrogens (tertiary/aromatic N) is 4. The number of rotatable bonds is 5. The first-order valence-corrected chi connectivity index (χ1v) is 6.54. The lowest BCUT2D eigenvalue weighted by molar-refractivity contribution is 0.0442. The Bertz CT molecular complexity index is 600. The summed E-state index contributed by atoms with van der Waals surface area (Å²) in [5.74, 6) is 0.206. The zero-order chi connectivity index (χ0) is 14.7. The molecule has 2 aromatic rings. The first-order valence-electron chi connectivity index (χ1n) is 6.54. The van der Waals surface area contributed by atoms with Gasteiger partial charge in [-0.1, -0.05) is 0 Å². The summed E-state index contributed by atoms with van der Waals surface area (Å²) in [6.45, 7) is 6.66. The van der Waals surface area contributed by atoms with Crippen molar-refractivity contribution in [3.8, 4) is 0 Å². The maximum Gasteiger partial charge on any atom is 0.355 e. The highest BCUT2D eigenvalue weighted by Gasteiger charge is 2.15. The van der Waals surface area contributed by atoms with Crippen LogP contribution in [0.25, 0.3) is 0 Å². The normalized spacial score (nSPS) is 11.0. The van der Waals surface area contributed by atoms with E-state index in [2.05, 4.69) is 10.1 Å². The highest BCUT2D eigenvalue weighted by Crippen LogP contribution is 2.13. The molecule has 0 aliphatic rings. The van der Waals surface area contributed by atoms with Gasteiger partial charge in [0.1, 0.15) is 12.0 Å². The van der Waals surface area contributed by atoms with E-state index in [0.717, 1.165) is 0 Å². The molecule has 0 atom stereocenters. The number of nitrogen functional groups attached to an aromatic ring is 1. The van der Waals surface area contributed by atoms with Crippen LogP contribution in [0.1, 0.15) is 43.1 Å². The van der Waals surface area contributed by atoms with Gasteiger partial charge in [0.25, 0.3) is 0 Å². The third-order valence-electron chi connectivity index (χ3n) is 2.94. The molecule has 0 saturated heterocycles. The van der Waals surface area contributed by atoms with Gasteiger partial charge in [-0.3, -0.25) is 0 Å². The third-order valence-corrected chi connectivity index (χ3v) is 2.94. The number of anilines is 1. The highest BCUT2D eigenvalue weighted by molar-refractivity contribution is 5.89. The van der Waals surface area contributed by atoms with Gasteiger partial charge in [-0.15, -0.1) is 0 Å². The average molecular weight is 277 g/mol. The van der Waals surface area contributed by atoms with E-state index in [1.54, 1.807) is 21.5 Å². The quantitative estimate of drug-likeness (QED) is 0.839. The molecular formula is C13H19N5O2. The number of nitrogens with two attached hydrogens (primary N) is 1. The number of hydrogen-bond donors (Lipinski definition) is 1. The Morgan fingerprint density at radius 1 is 1.50 bits per heavy atom. The average Bonchev–Trinajstić information content (AvgIpc) is 3.01. The topological polar surface area (TPSA) is 88.0 Å². The van der Waals surface area contributed by atoms with Crippen LogP contribution in [0.4, 0.5) is 5.69 Å². The summed E-state index contributed by atoms with van der Waals surface area (Å²) in [6.07, 6.45) is 3.17. The predicted molar refractivity (Wildman–Crippen MR) is 74.0 cm³/mol. The molecule has 0 saturated carbocycles. The third kappa shape index (κ3) is 2.81. The molecule has 20 heavy (non-hydrogen) atoms. The summed E-state index contributed by atoms with van der Waals surface area (Å²) >= 11 is 0. The second-order valence-electron chi connectivity index (χ2n) is 4.74. The summed E-state index contributed by atoms with van der Waals surface area (Å²) in [7, 11) is 0. The maximum absolute atomic E-state index is 12.1. The van der Waals surface area contributed by atoms with E-state index < -0.39 is 5.97 Å². The minimum atomic E-state index is -0.415. The van der Waals surface area contributed by atoms with Crippen molar-refractivity contribution < 1.29 is 9.53 Å². The van der Waals surface area contributed by atoms with Gasteiger partial charge in [0.2, 0.25) is 0 Å². The van der Waals surface area contributed by atoms with E-state index in [-0.39, 0.29) is 12.6 Å². The van der Waals surface area contributed by atoms with Crippen molar-refractivity contribution in [2.45, 2.75) is 40.0 Å². The first-order chi connectivity index (χ1) is 9.52. The fourth-order valence-electron chi connectivity index (χ4n) is 1.98. The van der Waals surface area contributed by atoms with Crippen molar-refractivity contribution in [2.75, 3.05) is 5.73 Å². The summed E-state index contributed by atoms with van der Waals surface area (Å²) in [6, 6.07) is 1.78. The van der Waals surface area contributed by atoms with Gasteiger partial charge in [0, 0.05) is 18.8 Å². The fraction of sp³-hybridized carbons (Fsp3) is 0.462. The molecule has 2 heterocycles. The van der Waals surface area contributed by atoms with Crippen molar-refractivity contribution >= 4 is 11.7 Å². The van der Waals surface area contributed by atoms with Crippen LogP contribution in [-0.4, -0.2) is 25.3 Å². The van der Waals surface area contributed by atoms with E-state index in [4.69, 9.17) is 10.5 Å². The molecule has 2 aromatic heterocycles. The molecular weight excluding hydrogens is 258 g/mol. The van der Waals surface area contributed by atoms with Crippen molar-refractivity contribution in [2.24, 2.45) is 0 Å². The van der Waals surface area contributed by atoms with E-state index in [1.165, 1.54) is 6.33 Å². The monoisotopic (exact) mass is 277 g/mol. The molecule has 0 amide bonds. The second-order valence-corrected chi connectivity index (χ2v) is 4.74. The lowest BCUT2D eigenvalue weighted by atomic mass is 10.4. The number of carbonyl (C=O) groups excluding carboxylic acids is 1. The van der Waals surface area contributed by atoms with Gasteiger partial charge in [0.15, 0.2) is 12.4 Å². The van der Waals surface area contributed by atoms with Crippen LogP contribution in [0.2, 0.25) is 0 Å². The largest absolute Gasteiger partial charge is 0.453 e. The molecule has 108 valence electrons. The number of aryl methyl sites for hydroxylation is 1. The number of hydrogen-bond acceptors (Lipinski definition) is 5. The maximum atomic E-state index is 12.1. The van der Waals surface area contributed by atoms with Gasteiger partial charge in [-0.2, -0.15) is 5.10 Å². The molecule has 0 bridgehead atoms. The Kier molecular flexibility index (Phi) is 4.07. The van der Waals surface area contributed by atoms with Gasteiger partial charge < -0.3 is 15.0 Å². The van der Waals surface area contributed by atoms with Crippen LogP contribution in [-0.2, 0) is 17.9 Å². The summed E-state index contributed by atoms with van der Waals surface area (Å²) < 4.78 is 8.76. The van der Waals surface area contributed by atoms with Gasteiger partial charge >= 0.3 is 5.97 Å². The Morgan fingerprint density at radius 2 is 2.25 bits per heavy atom. The molecule has 7 nitrogen and oxygen atoms in total. The van der Waals surface area contributed by atoms with Crippen molar-refractivity contribution in [3.63, 3.8) is 0 Å². The Morgan fingerprint density at radius 3 is 2.90 bits per heavy atom.